The predicted molar refractivity (Wildman–Crippen MR) is 140 cm³/mol. The number of thioether (sulfide) groups is 1. The molecule has 2 aromatic carbocycles. The highest BCUT2D eigenvalue weighted by Crippen LogP contribution is 2.33. The monoisotopic (exact) mass is 543 g/mol. The van der Waals surface area contributed by atoms with Crippen molar-refractivity contribution in [3.8, 4) is 11.6 Å². The van der Waals surface area contributed by atoms with Gasteiger partial charge in [0, 0.05) is 11.4 Å². The van der Waals surface area contributed by atoms with E-state index in [0.29, 0.717) is 28.6 Å². The molecule has 2 amide bonds. The highest BCUT2D eigenvalue weighted by molar-refractivity contribution is 8.15. The standard InChI is InChI=1S/C24H22ClN5O6S/c1-2-36-15-9-4-3-8-14(15)26-17(31)11-16-20(32)30-24(37-16)27-19(12-6-5-7-13(25)10-12)18-21(33)28-23(35)29-22(18)34/h3-10,16,19H,2,11H2,1H3,(H,26,31)(H,27,30,32)(H3,28,29,33,34,35). The number of nitrogens with zero attached hydrogens (tertiary/aromatic N) is 1. The lowest BCUT2D eigenvalue weighted by Crippen LogP contribution is -2.29. The van der Waals surface area contributed by atoms with E-state index in [1.165, 1.54) is 0 Å². The van der Waals surface area contributed by atoms with Crippen molar-refractivity contribution in [1.82, 2.24) is 15.3 Å². The van der Waals surface area contributed by atoms with Gasteiger partial charge in [-0.05, 0) is 36.8 Å². The number of nitrogens with one attached hydrogen (secondary N) is 4. The Labute approximate surface area is 219 Å². The summed E-state index contributed by atoms with van der Waals surface area (Å²) in [5.74, 6) is -0.996. The second kappa shape index (κ2) is 11.4. The summed E-state index contributed by atoms with van der Waals surface area (Å²) in [4.78, 5) is 58.1. The number of amides is 2. The fourth-order valence-corrected chi connectivity index (χ4v) is 4.85. The Morgan fingerprint density at radius 3 is 2.70 bits per heavy atom. The van der Waals surface area contributed by atoms with Gasteiger partial charge in [-0.15, -0.1) is 0 Å². The maximum atomic E-state index is 12.7. The minimum Gasteiger partial charge on any atom is -0.494 e. The summed E-state index contributed by atoms with van der Waals surface area (Å²) in [5.41, 5.74) is -1.06. The third-order valence-corrected chi connectivity index (χ3v) is 6.58. The van der Waals surface area contributed by atoms with Crippen LogP contribution in [0.25, 0.3) is 0 Å². The van der Waals surface area contributed by atoms with E-state index in [2.05, 4.69) is 25.6 Å². The molecule has 37 heavy (non-hydrogen) atoms. The number of benzene rings is 2. The number of para-hydroxylation sites is 2. The number of carbonyl (C=O) groups is 2. The van der Waals surface area contributed by atoms with Gasteiger partial charge in [0.15, 0.2) is 5.17 Å². The molecule has 1 aliphatic rings. The SMILES string of the molecule is CCOc1ccccc1NC(=O)CC1SC(=NC(c2cccc(Cl)c2)c2c(O)[nH]c(=O)[nH]c2=O)NC1=O. The van der Waals surface area contributed by atoms with Crippen LogP contribution in [-0.2, 0) is 9.59 Å². The third-order valence-electron chi connectivity index (χ3n) is 5.25. The van der Waals surface area contributed by atoms with Gasteiger partial charge < -0.3 is 20.5 Å². The van der Waals surface area contributed by atoms with Crippen molar-refractivity contribution in [3.63, 3.8) is 0 Å². The molecule has 0 aliphatic carbocycles. The molecule has 0 radical (unpaired) electrons. The molecule has 1 aromatic heterocycles. The number of halogens is 1. The lowest BCUT2D eigenvalue weighted by molar-refractivity contribution is -0.122. The van der Waals surface area contributed by atoms with Crippen molar-refractivity contribution < 1.29 is 19.4 Å². The maximum absolute atomic E-state index is 12.7. The summed E-state index contributed by atoms with van der Waals surface area (Å²) in [7, 11) is 0. The molecule has 1 aliphatic heterocycles. The minimum absolute atomic E-state index is 0.132. The Hall–Kier alpha value is -4.03. The second-order valence-corrected chi connectivity index (χ2v) is 9.47. The molecule has 2 heterocycles. The normalized spacial score (nSPS) is 16.9. The highest BCUT2D eigenvalue weighted by atomic mass is 35.5. The molecule has 1 fully saturated rings. The topological polar surface area (TPSA) is 166 Å². The van der Waals surface area contributed by atoms with E-state index >= 15 is 0 Å². The third kappa shape index (κ3) is 6.22. The number of aromatic amines is 2. The first-order valence-corrected chi connectivity index (χ1v) is 12.4. The van der Waals surface area contributed by atoms with Crippen LogP contribution >= 0.6 is 23.4 Å². The number of rotatable bonds is 8. The molecule has 2 atom stereocenters. The number of aromatic hydroxyl groups is 1. The zero-order valence-electron chi connectivity index (χ0n) is 19.4. The molecule has 5 N–H and O–H groups in total. The van der Waals surface area contributed by atoms with Gasteiger partial charge >= 0.3 is 5.69 Å². The summed E-state index contributed by atoms with van der Waals surface area (Å²) in [6, 6.07) is 12.3. The largest absolute Gasteiger partial charge is 0.494 e. The van der Waals surface area contributed by atoms with Crippen LogP contribution in [0.5, 0.6) is 11.6 Å². The zero-order chi connectivity index (χ0) is 26.5. The van der Waals surface area contributed by atoms with Crippen molar-refractivity contribution in [2.45, 2.75) is 24.6 Å². The van der Waals surface area contributed by atoms with Crippen molar-refractivity contribution in [2.75, 3.05) is 11.9 Å². The van der Waals surface area contributed by atoms with Crippen LogP contribution in [0.1, 0.15) is 30.5 Å². The van der Waals surface area contributed by atoms with Crippen molar-refractivity contribution in [1.29, 1.82) is 0 Å². The first kappa shape index (κ1) is 26.0. The van der Waals surface area contributed by atoms with Gasteiger partial charge in [-0.3, -0.25) is 24.4 Å². The first-order chi connectivity index (χ1) is 17.7. The molecule has 13 heteroatoms. The molecule has 0 bridgehead atoms. The van der Waals surface area contributed by atoms with Crippen molar-refractivity contribution in [3.05, 3.63) is 85.5 Å². The molecule has 11 nitrogen and oxygen atoms in total. The van der Waals surface area contributed by atoms with Gasteiger partial charge in [0.25, 0.3) is 5.56 Å². The lowest BCUT2D eigenvalue weighted by Gasteiger charge is -2.15. The van der Waals surface area contributed by atoms with E-state index in [4.69, 9.17) is 16.3 Å². The molecule has 3 aromatic rings. The Bertz CT molecular complexity index is 1490. The van der Waals surface area contributed by atoms with E-state index in [1.54, 1.807) is 48.5 Å². The van der Waals surface area contributed by atoms with Crippen molar-refractivity contribution >= 4 is 46.0 Å². The Morgan fingerprint density at radius 2 is 1.97 bits per heavy atom. The highest BCUT2D eigenvalue weighted by Gasteiger charge is 2.34. The van der Waals surface area contributed by atoms with Crippen LogP contribution in [0.4, 0.5) is 5.69 Å². The molecular weight excluding hydrogens is 522 g/mol. The molecule has 4 rings (SSSR count). The molecular formula is C24H22ClN5O6S. The van der Waals surface area contributed by atoms with Crippen LogP contribution in [0.15, 0.2) is 63.1 Å². The summed E-state index contributed by atoms with van der Waals surface area (Å²) in [6.07, 6.45) is -0.150. The summed E-state index contributed by atoms with van der Waals surface area (Å²) in [6.45, 7) is 2.26. The smallest absolute Gasteiger partial charge is 0.328 e. The quantitative estimate of drug-likeness (QED) is 0.291. The number of hydrogen-bond donors (Lipinski definition) is 5. The maximum Gasteiger partial charge on any atom is 0.328 e. The Kier molecular flexibility index (Phi) is 7.99. The van der Waals surface area contributed by atoms with Crippen LogP contribution in [0.2, 0.25) is 5.02 Å². The van der Waals surface area contributed by atoms with E-state index in [9.17, 15) is 24.3 Å². The van der Waals surface area contributed by atoms with Gasteiger partial charge in [0.1, 0.15) is 22.6 Å². The summed E-state index contributed by atoms with van der Waals surface area (Å²) in [5, 5.41) is 15.4. The first-order valence-electron chi connectivity index (χ1n) is 11.1. The fraction of sp³-hybridized carbons (Fsp3) is 0.208. The number of anilines is 1. The average molecular weight is 544 g/mol. The van der Waals surface area contributed by atoms with Crippen LogP contribution < -0.4 is 26.6 Å². The number of H-pyrrole nitrogens is 2. The minimum atomic E-state index is -1.12. The Morgan fingerprint density at radius 1 is 1.19 bits per heavy atom. The molecule has 1 saturated heterocycles. The van der Waals surface area contributed by atoms with Crippen molar-refractivity contribution in [2.24, 2.45) is 4.99 Å². The number of hydrogen-bond acceptors (Lipinski definition) is 8. The fourth-order valence-electron chi connectivity index (χ4n) is 3.66. The number of aromatic nitrogens is 2. The van der Waals surface area contributed by atoms with Crippen LogP contribution in [0, 0.1) is 0 Å². The molecule has 192 valence electrons. The van der Waals surface area contributed by atoms with E-state index < -0.39 is 40.2 Å². The van der Waals surface area contributed by atoms with Gasteiger partial charge in [-0.2, -0.15) is 0 Å². The molecule has 2 unspecified atom stereocenters. The number of ether oxygens (including phenoxy) is 1. The van der Waals surface area contributed by atoms with Crippen LogP contribution in [0.3, 0.4) is 0 Å². The predicted octanol–water partition coefficient (Wildman–Crippen LogP) is 2.53. The lowest BCUT2D eigenvalue weighted by atomic mass is 10.0. The van der Waals surface area contributed by atoms with Gasteiger partial charge in [0.05, 0.1) is 12.3 Å². The van der Waals surface area contributed by atoms with Gasteiger partial charge in [-0.1, -0.05) is 47.6 Å². The van der Waals surface area contributed by atoms with Gasteiger partial charge in [0.2, 0.25) is 17.7 Å². The average Bonchev–Trinajstić information content (AvgIpc) is 3.17. The number of amidine groups is 1. The second-order valence-electron chi connectivity index (χ2n) is 7.84. The van der Waals surface area contributed by atoms with E-state index in [0.717, 1.165) is 11.8 Å². The Balaban J connectivity index is 1.58. The van der Waals surface area contributed by atoms with E-state index in [1.807, 2.05) is 6.92 Å². The van der Waals surface area contributed by atoms with Gasteiger partial charge in [-0.25, -0.2) is 9.79 Å². The summed E-state index contributed by atoms with van der Waals surface area (Å²) >= 11 is 7.12. The van der Waals surface area contributed by atoms with E-state index in [-0.39, 0.29) is 17.2 Å². The number of aliphatic imine (C=N–C) groups is 1. The molecule has 0 spiro atoms. The van der Waals surface area contributed by atoms with Crippen LogP contribution in [-0.4, -0.2) is 43.9 Å². The number of carbonyl (C=O) groups excluding carboxylic acids is 2. The molecule has 0 saturated carbocycles. The zero-order valence-corrected chi connectivity index (χ0v) is 21.0. The summed E-state index contributed by atoms with van der Waals surface area (Å²) < 4.78 is 5.51.